The van der Waals surface area contributed by atoms with Crippen LogP contribution < -0.4 is 5.73 Å². The number of amides is 1. The fourth-order valence-corrected chi connectivity index (χ4v) is 2.09. The van der Waals surface area contributed by atoms with Gasteiger partial charge in [0.2, 0.25) is 5.91 Å². The highest BCUT2D eigenvalue weighted by Gasteiger charge is 2.28. The van der Waals surface area contributed by atoms with Crippen LogP contribution in [-0.2, 0) is 4.79 Å². The van der Waals surface area contributed by atoms with Crippen molar-refractivity contribution < 1.29 is 4.79 Å². The highest BCUT2D eigenvalue weighted by molar-refractivity contribution is 5.80. The maximum absolute atomic E-state index is 11.2. The first-order valence-electron chi connectivity index (χ1n) is 5.54. The lowest BCUT2D eigenvalue weighted by Gasteiger charge is -2.21. The van der Waals surface area contributed by atoms with Crippen molar-refractivity contribution in [1.82, 2.24) is 9.88 Å². The molecular weight excluding hydrogens is 202 g/mol. The Morgan fingerprint density at radius 3 is 3.25 bits per heavy atom. The molecule has 1 atom stereocenters. The zero-order valence-electron chi connectivity index (χ0n) is 9.17. The first-order valence-corrected chi connectivity index (χ1v) is 5.54. The number of rotatable bonds is 4. The van der Waals surface area contributed by atoms with Gasteiger partial charge in [-0.1, -0.05) is 6.07 Å². The molecule has 0 spiro atoms. The largest absolute Gasteiger partial charge is 0.368 e. The van der Waals surface area contributed by atoms with E-state index in [0.29, 0.717) is 0 Å². The minimum atomic E-state index is -0.211. The third-order valence-corrected chi connectivity index (χ3v) is 2.94. The molecule has 0 aromatic carbocycles. The Labute approximate surface area is 95.5 Å². The van der Waals surface area contributed by atoms with Gasteiger partial charge >= 0.3 is 0 Å². The van der Waals surface area contributed by atoms with Crippen molar-refractivity contribution in [2.75, 3.05) is 13.1 Å². The van der Waals surface area contributed by atoms with Gasteiger partial charge < -0.3 is 5.73 Å². The molecule has 1 amide bonds. The average molecular weight is 218 g/mol. The molecule has 1 saturated heterocycles. The molecule has 85 valence electrons. The summed E-state index contributed by atoms with van der Waals surface area (Å²) in [5.41, 5.74) is 6.43. The fourth-order valence-electron chi connectivity index (χ4n) is 2.09. The number of likely N-dealkylation sites (tertiary alicyclic amines) is 1. The van der Waals surface area contributed by atoms with Crippen molar-refractivity contribution in [2.24, 2.45) is 5.73 Å². The van der Waals surface area contributed by atoms with E-state index in [1.54, 1.807) is 6.20 Å². The van der Waals surface area contributed by atoms with E-state index in [0.717, 1.165) is 31.5 Å². The van der Waals surface area contributed by atoms with Crippen molar-refractivity contribution in [1.29, 1.82) is 0 Å². The van der Waals surface area contributed by atoms with E-state index in [4.69, 9.17) is 5.73 Å². The minimum Gasteiger partial charge on any atom is -0.368 e. The monoisotopic (exact) mass is 218 g/mol. The van der Waals surface area contributed by atoms with Crippen LogP contribution in [0.1, 0.15) is 18.4 Å². The second-order valence-electron chi connectivity index (χ2n) is 4.05. The lowest BCUT2D eigenvalue weighted by Crippen LogP contribution is -2.40. The Morgan fingerprint density at radius 2 is 2.56 bits per heavy atom. The van der Waals surface area contributed by atoms with Gasteiger partial charge in [0.05, 0.1) is 6.04 Å². The number of hydrogen-bond donors (Lipinski definition) is 1. The normalized spacial score (nSPS) is 21.1. The van der Waals surface area contributed by atoms with Crippen molar-refractivity contribution in [3.8, 4) is 0 Å². The Hall–Kier alpha value is -1.42. The molecule has 1 aromatic heterocycles. The van der Waals surface area contributed by atoms with Crippen LogP contribution in [0.3, 0.4) is 0 Å². The smallest absolute Gasteiger partial charge is 0.234 e. The number of aromatic nitrogens is 1. The van der Waals surface area contributed by atoms with E-state index < -0.39 is 0 Å². The summed E-state index contributed by atoms with van der Waals surface area (Å²) in [5, 5.41) is 0. The van der Waals surface area contributed by atoms with Gasteiger partial charge in [-0.2, -0.15) is 0 Å². The molecule has 1 radical (unpaired) electrons. The summed E-state index contributed by atoms with van der Waals surface area (Å²) in [7, 11) is 0. The molecule has 0 aliphatic carbocycles. The topological polar surface area (TPSA) is 59.2 Å². The molecule has 1 aliphatic rings. The maximum atomic E-state index is 11.2. The summed E-state index contributed by atoms with van der Waals surface area (Å²) in [5.74, 6) is -0.211. The Bertz CT molecular complexity index is 353. The van der Waals surface area contributed by atoms with E-state index in [2.05, 4.69) is 16.3 Å². The van der Waals surface area contributed by atoms with Crippen molar-refractivity contribution >= 4 is 5.91 Å². The molecule has 1 aromatic rings. The number of carbonyl (C=O) groups excluding carboxylic acids is 1. The van der Waals surface area contributed by atoms with Crippen molar-refractivity contribution in [2.45, 2.75) is 18.9 Å². The van der Waals surface area contributed by atoms with E-state index in [1.165, 1.54) is 0 Å². The average Bonchev–Trinajstić information content (AvgIpc) is 2.76. The minimum absolute atomic E-state index is 0.0899. The van der Waals surface area contributed by atoms with E-state index in [9.17, 15) is 4.79 Å². The first kappa shape index (κ1) is 11.1. The molecule has 1 fully saturated rings. The van der Waals surface area contributed by atoms with Gasteiger partial charge in [0.15, 0.2) is 0 Å². The second-order valence-corrected chi connectivity index (χ2v) is 4.05. The lowest BCUT2D eigenvalue weighted by atomic mass is 10.2. The van der Waals surface area contributed by atoms with Crippen molar-refractivity contribution in [3.05, 3.63) is 36.5 Å². The number of nitrogens with two attached hydrogens (primary N) is 1. The molecule has 1 aliphatic heterocycles. The summed E-state index contributed by atoms with van der Waals surface area (Å²) < 4.78 is 0. The van der Waals surface area contributed by atoms with Crippen LogP contribution in [0.5, 0.6) is 0 Å². The van der Waals surface area contributed by atoms with E-state index >= 15 is 0 Å². The molecule has 0 saturated carbocycles. The molecule has 2 N–H and O–H groups in total. The molecule has 16 heavy (non-hydrogen) atoms. The van der Waals surface area contributed by atoms with Gasteiger partial charge in [-0.25, -0.2) is 0 Å². The van der Waals surface area contributed by atoms with Gasteiger partial charge in [-0.05, 0) is 31.0 Å². The summed E-state index contributed by atoms with van der Waals surface area (Å²) in [6.45, 7) is 1.71. The van der Waals surface area contributed by atoms with E-state index in [1.807, 2.05) is 18.3 Å². The number of nitrogens with zero attached hydrogens (tertiary/aromatic N) is 2. The SMILES string of the molecule is NC(=O)C1CCCN1C[CH]c1cccnc1. The fraction of sp³-hybridized carbons (Fsp3) is 0.417. The zero-order chi connectivity index (χ0) is 11.4. The summed E-state index contributed by atoms with van der Waals surface area (Å²) in [6, 6.07) is 3.82. The van der Waals surface area contributed by atoms with Crippen LogP contribution in [0, 0.1) is 6.42 Å². The summed E-state index contributed by atoms with van der Waals surface area (Å²) in [4.78, 5) is 17.3. The van der Waals surface area contributed by atoms with Crippen LogP contribution in [0.15, 0.2) is 24.5 Å². The first-order chi connectivity index (χ1) is 7.77. The van der Waals surface area contributed by atoms with Crippen LogP contribution in [0.4, 0.5) is 0 Å². The highest BCUT2D eigenvalue weighted by atomic mass is 16.1. The molecule has 2 heterocycles. The Morgan fingerprint density at radius 1 is 1.69 bits per heavy atom. The molecule has 0 bridgehead atoms. The van der Waals surface area contributed by atoms with Crippen LogP contribution >= 0.6 is 0 Å². The van der Waals surface area contributed by atoms with Gasteiger partial charge in [0, 0.05) is 25.4 Å². The quantitative estimate of drug-likeness (QED) is 0.804. The molecule has 4 heteroatoms. The molecule has 1 unspecified atom stereocenters. The van der Waals surface area contributed by atoms with Crippen molar-refractivity contribution in [3.63, 3.8) is 0 Å². The van der Waals surface area contributed by atoms with Crippen LogP contribution in [0.25, 0.3) is 0 Å². The van der Waals surface area contributed by atoms with Crippen LogP contribution in [0.2, 0.25) is 0 Å². The number of pyridine rings is 1. The van der Waals surface area contributed by atoms with Gasteiger partial charge in [0.1, 0.15) is 0 Å². The molecular formula is C12H16N3O. The Kier molecular flexibility index (Phi) is 3.51. The van der Waals surface area contributed by atoms with Gasteiger partial charge in [-0.15, -0.1) is 0 Å². The zero-order valence-corrected chi connectivity index (χ0v) is 9.17. The van der Waals surface area contributed by atoms with E-state index in [-0.39, 0.29) is 11.9 Å². The van der Waals surface area contributed by atoms with Crippen LogP contribution in [-0.4, -0.2) is 34.9 Å². The number of primary amides is 1. The van der Waals surface area contributed by atoms with Gasteiger partial charge in [0.25, 0.3) is 0 Å². The summed E-state index contributed by atoms with van der Waals surface area (Å²) >= 11 is 0. The molecule has 4 nitrogen and oxygen atoms in total. The molecule has 2 rings (SSSR count). The third kappa shape index (κ3) is 2.58. The summed E-state index contributed by atoms with van der Waals surface area (Å²) in [6.07, 6.45) is 7.58. The standard InChI is InChI=1S/C12H16N3O/c13-12(16)11-4-2-7-15(11)8-5-10-3-1-6-14-9-10/h1,3,5-6,9,11H,2,4,7-8H2,(H2,13,16). The Balaban J connectivity index is 1.88. The highest BCUT2D eigenvalue weighted by Crippen LogP contribution is 2.17. The third-order valence-electron chi connectivity index (χ3n) is 2.94. The van der Waals surface area contributed by atoms with Gasteiger partial charge in [-0.3, -0.25) is 14.7 Å². The predicted molar refractivity (Wildman–Crippen MR) is 61.4 cm³/mol. The number of carbonyl (C=O) groups is 1. The predicted octanol–water partition coefficient (Wildman–Crippen LogP) is 0.584. The maximum Gasteiger partial charge on any atom is 0.234 e. The number of hydrogen-bond acceptors (Lipinski definition) is 3. The second kappa shape index (κ2) is 5.07. The lowest BCUT2D eigenvalue weighted by molar-refractivity contribution is -0.122.